The second kappa shape index (κ2) is 8.37. The van der Waals surface area contributed by atoms with Gasteiger partial charge in [0.1, 0.15) is 0 Å². The Morgan fingerprint density at radius 3 is 2.40 bits per heavy atom. The minimum Gasteiger partial charge on any atom is -0.454 e. The zero-order chi connectivity index (χ0) is 20.9. The number of nitrogens with zero attached hydrogens (tertiary/aromatic N) is 1. The van der Waals surface area contributed by atoms with Crippen LogP contribution >= 0.6 is 0 Å². The van der Waals surface area contributed by atoms with Crippen molar-refractivity contribution in [2.75, 3.05) is 12.1 Å². The van der Waals surface area contributed by atoms with Crippen molar-refractivity contribution in [1.82, 2.24) is 5.32 Å². The SMILES string of the molecule is N#Cc1cccc(NC(=O)c2ccc(C(=O)NCc3ccc4c(c3)OCO4)cc2)c1. The molecule has 2 amide bonds. The number of benzene rings is 3. The van der Waals surface area contributed by atoms with Crippen molar-refractivity contribution in [3.8, 4) is 17.6 Å². The Morgan fingerprint density at radius 2 is 1.63 bits per heavy atom. The number of rotatable bonds is 5. The van der Waals surface area contributed by atoms with Crippen LogP contribution in [0.3, 0.4) is 0 Å². The first-order valence-corrected chi connectivity index (χ1v) is 9.21. The lowest BCUT2D eigenvalue weighted by atomic mass is 10.1. The molecule has 0 aromatic heterocycles. The van der Waals surface area contributed by atoms with Gasteiger partial charge in [0, 0.05) is 23.4 Å². The monoisotopic (exact) mass is 399 g/mol. The normalized spacial score (nSPS) is 11.4. The van der Waals surface area contributed by atoms with Gasteiger partial charge >= 0.3 is 0 Å². The molecular weight excluding hydrogens is 382 g/mol. The van der Waals surface area contributed by atoms with E-state index in [1.54, 1.807) is 48.5 Å². The van der Waals surface area contributed by atoms with Gasteiger partial charge in [-0.05, 0) is 60.2 Å². The molecule has 7 nitrogen and oxygen atoms in total. The molecule has 0 atom stereocenters. The standard InChI is InChI=1S/C23H17N3O4/c24-12-15-2-1-3-19(10-15)26-23(28)18-7-5-17(6-8-18)22(27)25-13-16-4-9-20-21(11-16)30-14-29-20/h1-11H,13-14H2,(H,25,27)(H,26,28). The number of anilines is 1. The molecule has 2 N–H and O–H groups in total. The highest BCUT2D eigenvalue weighted by molar-refractivity contribution is 6.05. The predicted molar refractivity (Wildman–Crippen MR) is 109 cm³/mol. The molecule has 0 saturated heterocycles. The molecule has 0 radical (unpaired) electrons. The van der Waals surface area contributed by atoms with Crippen LogP contribution in [0.4, 0.5) is 5.69 Å². The van der Waals surface area contributed by atoms with Gasteiger partial charge in [-0.1, -0.05) is 12.1 Å². The molecule has 1 heterocycles. The molecule has 0 spiro atoms. The predicted octanol–water partition coefficient (Wildman–Crippen LogP) is 3.47. The number of nitriles is 1. The number of carbonyl (C=O) groups excluding carboxylic acids is 2. The Labute approximate surface area is 172 Å². The minimum atomic E-state index is -0.322. The van der Waals surface area contributed by atoms with Gasteiger partial charge in [-0.2, -0.15) is 5.26 Å². The second-order valence-electron chi connectivity index (χ2n) is 6.59. The summed E-state index contributed by atoms with van der Waals surface area (Å²) in [6.07, 6.45) is 0. The number of hydrogen-bond acceptors (Lipinski definition) is 5. The number of ether oxygens (including phenoxy) is 2. The lowest BCUT2D eigenvalue weighted by Gasteiger charge is -2.08. The fourth-order valence-electron chi connectivity index (χ4n) is 2.98. The molecule has 0 aliphatic carbocycles. The summed E-state index contributed by atoms with van der Waals surface area (Å²) in [5, 5.41) is 14.5. The molecular formula is C23H17N3O4. The van der Waals surface area contributed by atoms with Crippen molar-refractivity contribution < 1.29 is 19.1 Å². The first-order valence-electron chi connectivity index (χ1n) is 9.21. The van der Waals surface area contributed by atoms with Gasteiger partial charge in [0.25, 0.3) is 11.8 Å². The zero-order valence-electron chi connectivity index (χ0n) is 15.8. The van der Waals surface area contributed by atoms with Crippen LogP contribution < -0.4 is 20.1 Å². The molecule has 3 aromatic rings. The van der Waals surface area contributed by atoms with E-state index < -0.39 is 0 Å². The fraction of sp³-hybridized carbons (Fsp3) is 0.0870. The number of hydrogen-bond donors (Lipinski definition) is 2. The Bertz CT molecular complexity index is 1150. The maximum Gasteiger partial charge on any atom is 0.255 e. The first-order chi connectivity index (χ1) is 14.6. The third kappa shape index (κ3) is 4.23. The van der Waals surface area contributed by atoms with Gasteiger partial charge < -0.3 is 20.1 Å². The fourth-order valence-corrected chi connectivity index (χ4v) is 2.98. The number of carbonyl (C=O) groups is 2. The quantitative estimate of drug-likeness (QED) is 0.684. The topological polar surface area (TPSA) is 100 Å². The van der Waals surface area contributed by atoms with Crippen molar-refractivity contribution in [1.29, 1.82) is 5.26 Å². The van der Waals surface area contributed by atoms with Crippen molar-refractivity contribution in [2.24, 2.45) is 0 Å². The smallest absolute Gasteiger partial charge is 0.255 e. The maximum atomic E-state index is 12.4. The molecule has 1 aliphatic rings. The Kier molecular flexibility index (Phi) is 5.31. The van der Waals surface area contributed by atoms with Crippen LogP contribution in [0.15, 0.2) is 66.7 Å². The molecule has 0 saturated carbocycles. The van der Waals surface area contributed by atoms with Gasteiger partial charge in [0.05, 0.1) is 11.6 Å². The van der Waals surface area contributed by atoms with Crippen molar-refractivity contribution in [3.05, 3.63) is 89.0 Å². The van der Waals surface area contributed by atoms with E-state index in [0.29, 0.717) is 40.4 Å². The van der Waals surface area contributed by atoms with Gasteiger partial charge in [-0.25, -0.2) is 0 Å². The average Bonchev–Trinajstić information content (AvgIpc) is 3.25. The number of fused-ring (bicyclic) bond motifs is 1. The largest absolute Gasteiger partial charge is 0.454 e. The van der Waals surface area contributed by atoms with Crippen molar-refractivity contribution in [2.45, 2.75) is 6.54 Å². The van der Waals surface area contributed by atoms with Crippen molar-refractivity contribution >= 4 is 17.5 Å². The van der Waals surface area contributed by atoms with Crippen LogP contribution in [0, 0.1) is 11.3 Å². The van der Waals surface area contributed by atoms with E-state index in [2.05, 4.69) is 10.6 Å². The molecule has 3 aromatic carbocycles. The summed E-state index contributed by atoms with van der Waals surface area (Å²) in [7, 11) is 0. The Morgan fingerprint density at radius 1 is 0.900 bits per heavy atom. The maximum absolute atomic E-state index is 12.4. The molecule has 0 bridgehead atoms. The van der Waals surface area contributed by atoms with Crippen LogP contribution in [0.25, 0.3) is 0 Å². The summed E-state index contributed by atoms with van der Waals surface area (Å²) >= 11 is 0. The lowest BCUT2D eigenvalue weighted by Crippen LogP contribution is -2.23. The molecule has 148 valence electrons. The molecule has 1 aliphatic heterocycles. The highest BCUT2D eigenvalue weighted by Gasteiger charge is 2.14. The molecule has 4 rings (SSSR count). The van der Waals surface area contributed by atoms with E-state index in [1.807, 2.05) is 24.3 Å². The summed E-state index contributed by atoms with van der Waals surface area (Å²) in [5.41, 5.74) is 2.73. The summed E-state index contributed by atoms with van der Waals surface area (Å²) in [6, 6.07) is 20.5. The van der Waals surface area contributed by atoms with E-state index >= 15 is 0 Å². The van der Waals surface area contributed by atoms with Crippen LogP contribution in [-0.2, 0) is 6.54 Å². The Balaban J connectivity index is 1.36. The van der Waals surface area contributed by atoms with E-state index in [1.165, 1.54) is 0 Å². The first kappa shape index (κ1) is 19.0. The second-order valence-corrected chi connectivity index (χ2v) is 6.59. The third-order valence-corrected chi connectivity index (χ3v) is 4.55. The van der Waals surface area contributed by atoms with E-state index in [0.717, 1.165) is 5.56 Å². The van der Waals surface area contributed by atoms with Gasteiger partial charge in [0.2, 0.25) is 6.79 Å². The third-order valence-electron chi connectivity index (χ3n) is 4.55. The van der Waals surface area contributed by atoms with E-state index in [9.17, 15) is 9.59 Å². The highest BCUT2D eigenvalue weighted by atomic mass is 16.7. The van der Waals surface area contributed by atoms with Crippen LogP contribution in [-0.4, -0.2) is 18.6 Å². The average molecular weight is 399 g/mol. The van der Waals surface area contributed by atoms with Crippen LogP contribution in [0.5, 0.6) is 11.5 Å². The highest BCUT2D eigenvalue weighted by Crippen LogP contribution is 2.32. The van der Waals surface area contributed by atoms with Gasteiger partial charge in [-0.3, -0.25) is 9.59 Å². The summed E-state index contributed by atoms with van der Waals surface area (Å²) in [4.78, 5) is 24.8. The van der Waals surface area contributed by atoms with E-state index in [-0.39, 0.29) is 18.6 Å². The van der Waals surface area contributed by atoms with Gasteiger partial charge in [-0.15, -0.1) is 0 Å². The molecule has 7 heteroatoms. The Hall–Kier alpha value is -4.31. The number of nitrogens with one attached hydrogen (secondary N) is 2. The van der Waals surface area contributed by atoms with Crippen LogP contribution in [0.1, 0.15) is 31.8 Å². The summed E-state index contributed by atoms with van der Waals surface area (Å²) in [5.74, 6) is 0.787. The zero-order valence-corrected chi connectivity index (χ0v) is 15.8. The van der Waals surface area contributed by atoms with Crippen molar-refractivity contribution in [3.63, 3.8) is 0 Å². The summed E-state index contributed by atoms with van der Waals surface area (Å²) in [6.45, 7) is 0.543. The van der Waals surface area contributed by atoms with Gasteiger partial charge in [0.15, 0.2) is 11.5 Å². The van der Waals surface area contributed by atoms with E-state index in [4.69, 9.17) is 14.7 Å². The molecule has 30 heavy (non-hydrogen) atoms. The summed E-state index contributed by atoms with van der Waals surface area (Å²) < 4.78 is 10.6. The van der Waals surface area contributed by atoms with Crippen LogP contribution in [0.2, 0.25) is 0 Å². The minimum absolute atomic E-state index is 0.203. The lowest BCUT2D eigenvalue weighted by molar-refractivity contribution is 0.0949. The molecule has 0 fully saturated rings. The number of amides is 2. The molecule has 0 unspecified atom stereocenters.